The second-order valence-corrected chi connectivity index (χ2v) is 4.71. The van der Waals surface area contributed by atoms with Gasteiger partial charge in [0.2, 0.25) is 5.91 Å². The Kier molecular flexibility index (Phi) is 4.33. The summed E-state index contributed by atoms with van der Waals surface area (Å²) < 4.78 is 0. The zero-order chi connectivity index (χ0) is 13.7. The van der Waals surface area contributed by atoms with E-state index in [2.05, 4.69) is 21.4 Å². The number of carbonyl (C=O) groups is 2. The molecule has 6 heteroatoms. The minimum atomic E-state index is -1.04. The third-order valence-corrected chi connectivity index (χ3v) is 3.17. The van der Waals surface area contributed by atoms with Crippen molar-refractivity contribution in [3.63, 3.8) is 0 Å². The molecule has 19 heavy (non-hydrogen) atoms. The van der Waals surface area contributed by atoms with Crippen LogP contribution in [0.3, 0.4) is 0 Å². The number of imidazole rings is 1. The molecule has 0 saturated carbocycles. The van der Waals surface area contributed by atoms with Gasteiger partial charge in [0.1, 0.15) is 6.04 Å². The van der Waals surface area contributed by atoms with Crippen LogP contribution in [-0.2, 0) is 16.0 Å². The van der Waals surface area contributed by atoms with Crippen molar-refractivity contribution >= 4 is 11.9 Å². The van der Waals surface area contributed by atoms with Crippen LogP contribution in [0.4, 0.5) is 0 Å². The van der Waals surface area contributed by atoms with E-state index in [1.807, 2.05) is 6.08 Å². The Morgan fingerprint density at radius 3 is 3.00 bits per heavy atom. The highest BCUT2D eigenvalue weighted by atomic mass is 16.4. The van der Waals surface area contributed by atoms with E-state index in [1.165, 1.54) is 6.33 Å². The first kappa shape index (κ1) is 13.3. The number of aromatic amines is 1. The van der Waals surface area contributed by atoms with E-state index in [0.717, 1.165) is 12.8 Å². The van der Waals surface area contributed by atoms with Crippen molar-refractivity contribution in [2.45, 2.75) is 31.7 Å². The maximum absolute atomic E-state index is 11.8. The minimum absolute atomic E-state index is 0.210. The van der Waals surface area contributed by atoms with E-state index in [1.54, 1.807) is 6.20 Å². The van der Waals surface area contributed by atoms with Gasteiger partial charge >= 0.3 is 5.97 Å². The third-order valence-electron chi connectivity index (χ3n) is 3.17. The van der Waals surface area contributed by atoms with Crippen LogP contribution in [0.25, 0.3) is 0 Å². The van der Waals surface area contributed by atoms with Gasteiger partial charge in [-0.15, -0.1) is 0 Å². The summed E-state index contributed by atoms with van der Waals surface area (Å²) in [5, 5.41) is 11.7. The van der Waals surface area contributed by atoms with E-state index in [-0.39, 0.29) is 18.2 Å². The van der Waals surface area contributed by atoms with Gasteiger partial charge < -0.3 is 15.4 Å². The van der Waals surface area contributed by atoms with Gasteiger partial charge in [0, 0.05) is 24.7 Å². The number of carboxylic acid groups (broad SMARTS) is 1. The molecule has 0 saturated heterocycles. The summed E-state index contributed by atoms with van der Waals surface area (Å²) in [4.78, 5) is 29.6. The lowest BCUT2D eigenvalue weighted by Gasteiger charge is -2.15. The summed E-state index contributed by atoms with van der Waals surface area (Å²) in [5.74, 6) is -1.02. The second kappa shape index (κ2) is 6.17. The van der Waals surface area contributed by atoms with Crippen LogP contribution < -0.4 is 5.32 Å². The van der Waals surface area contributed by atoms with Crippen LogP contribution in [0.2, 0.25) is 0 Å². The molecule has 102 valence electrons. The number of carboxylic acids is 1. The molecule has 1 aliphatic carbocycles. The summed E-state index contributed by atoms with van der Waals surface area (Å²) in [6, 6.07) is -0.918. The number of nitrogens with zero attached hydrogens (tertiary/aromatic N) is 1. The molecule has 1 aromatic heterocycles. The van der Waals surface area contributed by atoms with Gasteiger partial charge in [0.05, 0.1) is 6.33 Å². The van der Waals surface area contributed by atoms with Crippen molar-refractivity contribution in [3.05, 3.63) is 30.4 Å². The van der Waals surface area contributed by atoms with Gasteiger partial charge in [0.25, 0.3) is 0 Å². The minimum Gasteiger partial charge on any atom is -0.480 e. The zero-order valence-corrected chi connectivity index (χ0v) is 10.5. The largest absolute Gasteiger partial charge is 0.480 e. The van der Waals surface area contributed by atoms with Crippen LogP contribution in [0.1, 0.15) is 25.0 Å². The van der Waals surface area contributed by atoms with Crippen molar-refractivity contribution in [2.75, 3.05) is 0 Å². The molecular formula is C13H17N3O3. The van der Waals surface area contributed by atoms with Gasteiger partial charge in [-0.25, -0.2) is 9.78 Å². The Bertz CT molecular complexity index is 467. The number of aliphatic carboxylic acids is 1. The maximum atomic E-state index is 11.8. The highest BCUT2D eigenvalue weighted by Gasteiger charge is 2.22. The lowest BCUT2D eigenvalue weighted by Crippen LogP contribution is -2.42. The summed E-state index contributed by atoms with van der Waals surface area (Å²) in [5.41, 5.74) is 0.688. The molecule has 6 nitrogen and oxygen atoms in total. The first-order valence-corrected chi connectivity index (χ1v) is 6.31. The first-order valence-electron chi connectivity index (χ1n) is 6.31. The number of H-pyrrole nitrogens is 1. The van der Waals surface area contributed by atoms with Crippen molar-refractivity contribution in [2.24, 2.45) is 5.92 Å². The molecule has 2 atom stereocenters. The standard InChI is InChI=1S/C13H17N3O3/c17-12(5-9-3-1-2-4-9)16-11(13(18)19)6-10-7-14-8-15-10/h1,3,7-9,11H,2,4-6H2,(H,14,15)(H,16,17)(H,18,19)/t9?,11-/m1/s1. The van der Waals surface area contributed by atoms with Crippen LogP contribution in [-0.4, -0.2) is 33.0 Å². The van der Waals surface area contributed by atoms with Crippen LogP contribution in [0, 0.1) is 5.92 Å². The highest BCUT2D eigenvalue weighted by Crippen LogP contribution is 2.20. The molecule has 3 N–H and O–H groups in total. The fourth-order valence-electron chi connectivity index (χ4n) is 2.17. The highest BCUT2D eigenvalue weighted by molar-refractivity contribution is 5.83. The fraction of sp³-hybridized carbons (Fsp3) is 0.462. The van der Waals surface area contributed by atoms with E-state index in [0.29, 0.717) is 12.1 Å². The molecule has 1 amide bonds. The van der Waals surface area contributed by atoms with E-state index in [9.17, 15) is 9.59 Å². The molecule has 1 unspecified atom stereocenters. The predicted octanol–water partition coefficient (Wildman–Crippen LogP) is 0.878. The molecule has 2 rings (SSSR count). The Morgan fingerprint density at radius 2 is 2.42 bits per heavy atom. The van der Waals surface area contributed by atoms with Crippen molar-refractivity contribution in [1.82, 2.24) is 15.3 Å². The molecule has 1 aliphatic rings. The number of hydrogen-bond donors (Lipinski definition) is 3. The molecule has 0 fully saturated rings. The SMILES string of the molecule is O=C(CC1C=CCC1)N[C@H](Cc1cnc[nH]1)C(=O)O. The summed E-state index contributed by atoms with van der Waals surface area (Å²) >= 11 is 0. The average molecular weight is 263 g/mol. The van der Waals surface area contributed by atoms with E-state index >= 15 is 0 Å². The topological polar surface area (TPSA) is 95.1 Å². The molecular weight excluding hydrogens is 246 g/mol. The quantitative estimate of drug-likeness (QED) is 0.664. The average Bonchev–Trinajstić information content (AvgIpc) is 3.00. The molecule has 0 spiro atoms. The smallest absolute Gasteiger partial charge is 0.326 e. The molecule has 0 bridgehead atoms. The summed E-state index contributed by atoms with van der Waals surface area (Å²) in [6.45, 7) is 0. The molecule has 1 heterocycles. The Morgan fingerprint density at radius 1 is 1.58 bits per heavy atom. The Balaban J connectivity index is 1.87. The Labute approximate surface area is 110 Å². The lowest BCUT2D eigenvalue weighted by molar-refractivity contribution is -0.141. The van der Waals surface area contributed by atoms with E-state index < -0.39 is 12.0 Å². The predicted molar refractivity (Wildman–Crippen MR) is 68.3 cm³/mol. The monoisotopic (exact) mass is 263 g/mol. The molecule has 1 aromatic rings. The number of hydrogen-bond acceptors (Lipinski definition) is 3. The number of nitrogens with one attached hydrogen (secondary N) is 2. The number of allylic oxidation sites excluding steroid dienone is 2. The first-order chi connectivity index (χ1) is 9.15. The third kappa shape index (κ3) is 3.94. The van der Waals surface area contributed by atoms with E-state index in [4.69, 9.17) is 5.11 Å². The fourth-order valence-corrected chi connectivity index (χ4v) is 2.17. The molecule has 0 aromatic carbocycles. The number of carbonyl (C=O) groups excluding carboxylic acids is 1. The van der Waals surface area contributed by atoms with Gasteiger partial charge in [-0.2, -0.15) is 0 Å². The van der Waals surface area contributed by atoms with Gasteiger partial charge in [-0.3, -0.25) is 4.79 Å². The molecule has 0 aliphatic heterocycles. The van der Waals surface area contributed by atoms with Crippen LogP contribution in [0.15, 0.2) is 24.7 Å². The molecule has 0 radical (unpaired) electrons. The van der Waals surface area contributed by atoms with Gasteiger partial charge in [0.15, 0.2) is 0 Å². The maximum Gasteiger partial charge on any atom is 0.326 e. The van der Waals surface area contributed by atoms with Gasteiger partial charge in [-0.1, -0.05) is 12.2 Å². The number of amides is 1. The summed E-state index contributed by atoms with van der Waals surface area (Å²) in [7, 11) is 0. The second-order valence-electron chi connectivity index (χ2n) is 4.71. The van der Waals surface area contributed by atoms with Crippen molar-refractivity contribution in [3.8, 4) is 0 Å². The number of aromatic nitrogens is 2. The Hall–Kier alpha value is -2.11. The van der Waals surface area contributed by atoms with Crippen LogP contribution >= 0.6 is 0 Å². The number of rotatable bonds is 6. The van der Waals surface area contributed by atoms with Crippen molar-refractivity contribution in [1.29, 1.82) is 0 Å². The normalized spacial score (nSPS) is 19.3. The lowest BCUT2D eigenvalue weighted by atomic mass is 10.0. The van der Waals surface area contributed by atoms with Crippen molar-refractivity contribution < 1.29 is 14.7 Å². The van der Waals surface area contributed by atoms with Gasteiger partial charge in [-0.05, 0) is 18.8 Å². The summed E-state index contributed by atoms with van der Waals surface area (Å²) in [6.07, 6.45) is 9.63. The van der Waals surface area contributed by atoms with Crippen LogP contribution in [0.5, 0.6) is 0 Å². The zero-order valence-electron chi connectivity index (χ0n) is 10.5.